The molecule has 1 N–H and O–H groups in total. The molecule has 0 bridgehead atoms. The van der Waals surface area contributed by atoms with Gasteiger partial charge in [0.1, 0.15) is 7.11 Å². The molecule has 0 saturated heterocycles. The zero-order valence-electron chi connectivity index (χ0n) is 13.0. The van der Waals surface area contributed by atoms with Gasteiger partial charge < -0.3 is 4.84 Å². The molecule has 118 valence electrons. The van der Waals surface area contributed by atoms with Crippen LogP contribution in [0.25, 0.3) is 11.1 Å². The predicted molar refractivity (Wildman–Crippen MR) is 89.9 cm³/mol. The molecule has 0 aliphatic rings. The highest BCUT2D eigenvalue weighted by molar-refractivity contribution is 6.21. The third-order valence-corrected chi connectivity index (χ3v) is 3.15. The van der Waals surface area contributed by atoms with Gasteiger partial charge in [0, 0.05) is 11.8 Å². The van der Waals surface area contributed by atoms with Crippen molar-refractivity contribution in [2.45, 2.75) is 0 Å². The number of allylic oxidation sites excluding steroid dienone is 1. The zero-order chi connectivity index (χ0) is 16.5. The standard InChI is InChI=1S/C18H18N2O3/c1-22-19-12-17(13-20-23-2)18(21)16-10-8-15(9-11-16)14-6-4-3-5-7-14/h3-13,19H,1-2H3/b17-12?,20-13-. The second-order valence-corrected chi connectivity index (χ2v) is 4.61. The van der Waals surface area contributed by atoms with E-state index < -0.39 is 0 Å². The number of carbonyl (C=O) groups excluding carboxylic acids is 1. The van der Waals surface area contributed by atoms with E-state index in [2.05, 4.69) is 15.5 Å². The summed E-state index contributed by atoms with van der Waals surface area (Å²) in [5, 5.41) is 3.63. The van der Waals surface area contributed by atoms with Crippen LogP contribution in [0.3, 0.4) is 0 Å². The number of hydroxylamine groups is 1. The van der Waals surface area contributed by atoms with Gasteiger partial charge in [-0.15, -0.1) is 0 Å². The first kappa shape index (κ1) is 16.5. The minimum Gasteiger partial charge on any atom is -0.399 e. The Balaban J connectivity index is 2.23. The van der Waals surface area contributed by atoms with Crippen LogP contribution in [-0.4, -0.2) is 26.2 Å². The molecule has 0 atom stereocenters. The van der Waals surface area contributed by atoms with Gasteiger partial charge in [0.05, 0.1) is 18.9 Å². The number of oxime groups is 1. The summed E-state index contributed by atoms with van der Waals surface area (Å²) >= 11 is 0. The van der Waals surface area contributed by atoms with E-state index in [4.69, 9.17) is 4.84 Å². The molecule has 0 spiro atoms. The van der Waals surface area contributed by atoms with Crippen LogP contribution in [0, 0.1) is 0 Å². The van der Waals surface area contributed by atoms with E-state index in [-0.39, 0.29) is 5.78 Å². The summed E-state index contributed by atoms with van der Waals surface area (Å²) in [6, 6.07) is 17.4. The Hall–Kier alpha value is -2.92. The molecule has 2 aromatic carbocycles. The fraction of sp³-hybridized carbons (Fsp3) is 0.111. The lowest BCUT2D eigenvalue weighted by Gasteiger charge is -2.05. The summed E-state index contributed by atoms with van der Waals surface area (Å²) in [7, 11) is 2.87. The summed E-state index contributed by atoms with van der Waals surface area (Å²) in [5.74, 6) is -0.185. The van der Waals surface area contributed by atoms with Crippen molar-refractivity contribution in [2.75, 3.05) is 14.2 Å². The summed E-state index contributed by atoms with van der Waals surface area (Å²) < 4.78 is 0. The molecule has 0 amide bonds. The van der Waals surface area contributed by atoms with Crippen molar-refractivity contribution >= 4 is 12.0 Å². The number of hydrogen-bond acceptors (Lipinski definition) is 5. The lowest BCUT2D eigenvalue weighted by Crippen LogP contribution is -2.11. The Labute approximate surface area is 135 Å². The number of nitrogens with one attached hydrogen (secondary N) is 1. The normalized spacial score (nSPS) is 11.5. The molecule has 0 aliphatic carbocycles. The van der Waals surface area contributed by atoms with Crippen LogP contribution in [0.4, 0.5) is 0 Å². The van der Waals surface area contributed by atoms with E-state index in [1.165, 1.54) is 26.6 Å². The Morgan fingerprint density at radius 2 is 1.65 bits per heavy atom. The van der Waals surface area contributed by atoms with Crippen molar-refractivity contribution < 1.29 is 14.5 Å². The van der Waals surface area contributed by atoms with Crippen molar-refractivity contribution in [3.8, 4) is 11.1 Å². The van der Waals surface area contributed by atoms with E-state index in [0.29, 0.717) is 11.1 Å². The minimum atomic E-state index is -0.185. The second kappa shape index (κ2) is 8.51. The molecule has 0 saturated carbocycles. The number of rotatable bonds is 7. The molecular formula is C18H18N2O3. The Kier molecular flexibility index (Phi) is 6.08. The van der Waals surface area contributed by atoms with Crippen LogP contribution in [0.5, 0.6) is 0 Å². The summed E-state index contributed by atoms with van der Waals surface area (Å²) in [5.41, 5.74) is 5.54. The van der Waals surface area contributed by atoms with Gasteiger partial charge >= 0.3 is 0 Å². The van der Waals surface area contributed by atoms with Gasteiger partial charge in [-0.25, -0.2) is 0 Å². The van der Waals surface area contributed by atoms with Crippen molar-refractivity contribution in [3.63, 3.8) is 0 Å². The number of nitrogens with zero attached hydrogens (tertiary/aromatic N) is 1. The molecule has 5 heteroatoms. The van der Waals surface area contributed by atoms with Crippen LogP contribution in [0.2, 0.25) is 0 Å². The fourth-order valence-electron chi connectivity index (χ4n) is 2.00. The first-order chi connectivity index (χ1) is 11.3. The SMILES string of the molecule is CO/N=C\C(=CNOC)C(=O)c1ccc(-c2ccccc2)cc1. The van der Waals surface area contributed by atoms with Gasteiger partial charge in [0.15, 0.2) is 5.78 Å². The first-order valence-corrected chi connectivity index (χ1v) is 7.01. The lowest BCUT2D eigenvalue weighted by molar-refractivity contribution is 0.102. The molecule has 5 nitrogen and oxygen atoms in total. The lowest BCUT2D eigenvalue weighted by atomic mass is 10.00. The molecule has 0 aromatic heterocycles. The first-order valence-electron chi connectivity index (χ1n) is 7.01. The van der Waals surface area contributed by atoms with Crippen molar-refractivity contribution in [1.82, 2.24) is 5.48 Å². The third-order valence-electron chi connectivity index (χ3n) is 3.15. The molecule has 2 aromatic rings. The molecule has 0 aliphatic heterocycles. The molecule has 0 heterocycles. The van der Waals surface area contributed by atoms with E-state index >= 15 is 0 Å². The predicted octanol–water partition coefficient (Wildman–Crippen LogP) is 3.20. The van der Waals surface area contributed by atoms with Crippen LogP contribution < -0.4 is 5.48 Å². The highest BCUT2D eigenvalue weighted by atomic mass is 16.6. The van der Waals surface area contributed by atoms with Gasteiger partial charge in [-0.05, 0) is 11.1 Å². The van der Waals surface area contributed by atoms with E-state index in [1.807, 2.05) is 42.5 Å². The maximum absolute atomic E-state index is 12.5. The van der Waals surface area contributed by atoms with Crippen LogP contribution in [0.15, 0.2) is 71.5 Å². The van der Waals surface area contributed by atoms with Crippen LogP contribution in [0.1, 0.15) is 10.4 Å². The smallest absolute Gasteiger partial charge is 0.196 e. The van der Waals surface area contributed by atoms with Crippen molar-refractivity contribution in [3.05, 3.63) is 71.9 Å². The van der Waals surface area contributed by atoms with Gasteiger partial charge in [-0.1, -0.05) is 59.8 Å². The van der Waals surface area contributed by atoms with Crippen molar-refractivity contribution in [2.24, 2.45) is 5.16 Å². The van der Waals surface area contributed by atoms with Crippen LogP contribution >= 0.6 is 0 Å². The summed E-state index contributed by atoms with van der Waals surface area (Å²) in [6.07, 6.45) is 2.76. The quantitative estimate of drug-likeness (QED) is 0.369. The van der Waals surface area contributed by atoms with E-state index in [1.54, 1.807) is 12.1 Å². The molecule has 0 fully saturated rings. The minimum absolute atomic E-state index is 0.185. The fourth-order valence-corrected chi connectivity index (χ4v) is 2.00. The van der Waals surface area contributed by atoms with Gasteiger partial charge in [0.2, 0.25) is 0 Å². The van der Waals surface area contributed by atoms with E-state index in [9.17, 15) is 4.79 Å². The number of carbonyl (C=O) groups is 1. The highest BCUT2D eigenvalue weighted by Gasteiger charge is 2.11. The average molecular weight is 310 g/mol. The maximum atomic E-state index is 12.5. The topological polar surface area (TPSA) is 59.9 Å². The molecule has 0 unspecified atom stereocenters. The van der Waals surface area contributed by atoms with E-state index in [0.717, 1.165) is 11.1 Å². The van der Waals surface area contributed by atoms with Gasteiger partial charge in [0.25, 0.3) is 0 Å². The number of benzene rings is 2. The molecular weight excluding hydrogens is 292 g/mol. The van der Waals surface area contributed by atoms with Crippen molar-refractivity contribution in [1.29, 1.82) is 0 Å². The van der Waals surface area contributed by atoms with Crippen LogP contribution in [-0.2, 0) is 9.68 Å². The monoisotopic (exact) mass is 310 g/mol. The van der Waals surface area contributed by atoms with Gasteiger partial charge in [-0.2, -0.15) is 0 Å². The number of Topliss-reactive ketones (excluding diaryl/α,β-unsaturated/α-hetero) is 1. The molecule has 23 heavy (non-hydrogen) atoms. The third kappa shape index (κ3) is 4.52. The Bertz CT molecular complexity index is 692. The Morgan fingerprint density at radius 1 is 1.00 bits per heavy atom. The molecule has 2 rings (SSSR count). The maximum Gasteiger partial charge on any atom is 0.196 e. The number of ketones is 1. The number of hydrogen-bond donors (Lipinski definition) is 1. The average Bonchev–Trinajstić information content (AvgIpc) is 2.62. The van der Waals surface area contributed by atoms with Gasteiger partial charge in [-0.3, -0.25) is 15.1 Å². The largest absolute Gasteiger partial charge is 0.399 e. The Morgan fingerprint density at radius 3 is 2.26 bits per heavy atom. The highest BCUT2D eigenvalue weighted by Crippen LogP contribution is 2.20. The molecule has 0 radical (unpaired) electrons. The second-order valence-electron chi connectivity index (χ2n) is 4.61. The zero-order valence-corrected chi connectivity index (χ0v) is 13.0. The summed E-state index contributed by atoms with van der Waals surface area (Å²) in [6.45, 7) is 0. The summed E-state index contributed by atoms with van der Waals surface area (Å²) in [4.78, 5) is 21.9.